The maximum absolute atomic E-state index is 13.7. The fraction of sp³-hybridized carbons (Fsp3) is 0.333. The number of halogens is 1. The molecule has 0 saturated carbocycles. The molecule has 0 radical (unpaired) electrons. The number of nitrogens with zero attached hydrogens (tertiary/aromatic N) is 1. The highest BCUT2D eigenvalue weighted by molar-refractivity contribution is 5.73. The largest absolute Gasteiger partial charge is 0.497 e. The van der Waals surface area contributed by atoms with Crippen LogP contribution in [0.2, 0.25) is 0 Å². The Morgan fingerprint density at radius 1 is 1.53 bits per heavy atom. The van der Waals surface area contributed by atoms with E-state index in [9.17, 15) is 9.18 Å². The van der Waals surface area contributed by atoms with Crippen molar-refractivity contribution in [1.29, 1.82) is 5.26 Å². The first-order chi connectivity index (χ1) is 8.12. The summed E-state index contributed by atoms with van der Waals surface area (Å²) in [7, 11) is 1.41. The lowest BCUT2D eigenvalue weighted by atomic mass is 10.1. The van der Waals surface area contributed by atoms with Crippen molar-refractivity contribution in [2.45, 2.75) is 13.3 Å². The first-order valence-corrected chi connectivity index (χ1v) is 5.04. The minimum atomic E-state index is -0.707. The fourth-order valence-electron chi connectivity index (χ4n) is 1.35. The molecule has 0 N–H and O–H groups in total. The molecule has 0 saturated heterocycles. The number of hydrogen-bond acceptors (Lipinski definition) is 4. The van der Waals surface area contributed by atoms with E-state index in [0.29, 0.717) is 5.75 Å². The molecule has 1 rings (SSSR count). The molecule has 0 bridgehead atoms. The number of carbonyl (C=O) groups excluding carboxylic acids is 1. The summed E-state index contributed by atoms with van der Waals surface area (Å²) in [5, 5.41) is 8.74. The van der Waals surface area contributed by atoms with Gasteiger partial charge in [0.2, 0.25) is 0 Å². The summed E-state index contributed by atoms with van der Waals surface area (Å²) < 4.78 is 23.3. The van der Waals surface area contributed by atoms with Gasteiger partial charge < -0.3 is 9.47 Å². The van der Waals surface area contributed by atoms with Crippen molar-refractivity contribution in [3.8, 4) is 11.8 Å². The van der Waals surface area contributed by atoms with Gasteiger partial charge in [-0.3, -0.25) is 4.79 Å². The molecule has 5 heteroatoms. The monoisotopic (exact) mass is 237 g/mol. The molecular formula is C12H12FNO3. The number of methoxy groups -OCH3 is 1. The molecule has 0 aromatic heterocycles. The van der Waals surface area contributed by atoms with E-state index < -0.39 is 11.8 Å². The van der Waals surface area contributed by atoms with E-state index in [4.69, 9.17) is 14.7 Å². The van der Waals surface area contributed by atoms with Gasteiger partial charge in [-0.25, -0.2) is 4.39 Å². The van der Waals surface area contributed by atoms with Gasteiger partial charge in [-0.1, -0.05) is 0 Å². The Balaban J connectivity index is 3.06. The van der Waals surface area contributed by atoms with Gasteiger partial charge in [0.05, 0.1) is 25.7 Å². The van der Waals surface area contributed by atoms with E-state index in [0.717, 1.165) is 0 Å². The number of nitriles is 1. The zero-order valence-corrected chi connectivity index (χ0v) is 9.62. The van der Waals surface area contributed by atoms with Gasteiger partial charge in [0.15, 0.2) is 0 Å². The van der Waals surface area contributed by atoms with Gasteiger partial charge in [-0.2, -0.15) is 5.26 Å². The number of benzene rings is 1. The van der Waals surface area contributed by atoms with Crippen LogP contribution in [0.4, 0.5) is 4.39 Å². The van der Waals surface area contributed by atoms with Crippen LogP contribution >= 0.6 is 0 Å². The minimum absolute atomic E-state index is 0.0966. The fourth-order valence-corrected chi connectivity index (χ4v) is 1.35. The summed E-state index contributed by atoms with van der Waals surface area (Å²) in [5.41, 5.74) is -0.0528. The van der Waals surface area contributed by atoms with Crippen LogP contribution in [0.1, 0.15) is 18.1 Å². The lowest BCUT2D eigenvalue weighted by Crippen LogP contribution is -2.09. The summed E-state index contributed by atoms with van der Waals surface area (Å²) in [6.45, 7) is 1.90. The SMILES string of the molecule is CCOC(=O)Cc1cc(OC)cc(C#N)c1F. The molecule has 0 heterocycles. The molecule has 0 amide bonds. The van der Waals surface area contributed by atoms with Crippen molar-refractivity contribution >= 4 is 5.97 Å². The molecule has 17 heavy (non-hydrogen) atoms. The van der Waals surface area contributed by atoms with Gasteiger partial charge >= 0.3 is 5.97 Å². The lowest BCUT2D eigenvalue weighted by molar-refractivity contribution is -0.142. The second-order valence-corrected chi connectivity index (χ2v) is 3.24. The Morgan fingerprint density at radius 2 is 2.24 bits per heavy atom. The van der Waals surface area contributed by atoms with Gasteiger partial charge in [0, 0.05) is 11.6 Å². The molecule has 0 aliphatic heterocycles. The molecule has 4 nitrogen and oxygen atoms in total. The highest BCUT2D eigenvalue weighted by Crippen LogP contribution is 2.21. The zero-order valence-electron chi connectivity index (χ0n) is 9.62. The number of ether oxygens (including phenoxy) is 2. The standard InChI is InChI=1S/C12H12FNO3/c1-3-17-11(15)6-8-4-10(16-2)5-9(7-14)12(8)13/h4-5H,3,6H2,1-2H3. The smallest absolute Gasteiger partial charge is 0.310 e. The van der Waals surface area contributed by atoms with Crippen molar-refractivity contribution in [2.24, 2.45) is 0 Å². The Hall–Kier alpha value is -2.09. The van der Waals surface area contributed by atoms with E-state index >= 15 is 0 Å². The quantitative estimate of drug-likeness (QED) is 0.749. The molecule has 0 fully saturated rings. The highest BCUT2D eigenvalue weighted by atomic mass is 19.1. The first kappa shape index (κ1) is 13.0. The number of rotatable bonds is 4. The van der Waals surface area contributed by atoms with E-state index in [2.05, 4.69) is 0 Å². The predicted molar refractivity (Wildman–Crippen MR) is 58.0 cm³/mol. The highest BCUT2D eigenvalue weighted by Gasteiger charge is 2.14. The summed E-state index contributed by atoms with van der Waals surface area (Å²) >= 11 is 0. The van der Waals surface area contributed by atoms with Crippen LogP contribution in [-0.4, -0.2) is 19.7 Å². The third kappa shape index (κ3) is 3.18. The topological polar surface area (TPSA) is 59.3 Å². The molecule has 90 valence electrons. The van der Waals surface area contributed by atoms with Crippen molar-refractivity contribution in [3.63, 3.8) is 0 Å². The van der Waals surface area contributed by atoms with Crippen LogP contribution in [0.5, 0.6) is 5.75 Å². The number of esters is 1. The third-order valence-corrected chi connectivity index (χ3v) is 2.12. The van der Waals surface area contributed by atoms with Gasteiger partial charge in [0.25, 0.3) is 0 Å². The summed E-state index contributed by atoms with van der Waals surface area (Å²) in [6.07, 6.45) is -0.217. The molecular weight excluding hydrogens is 225 g/mol. The van der Waals surface area contributed by atoms with Crippen molar-refractivity contribution in [2.75, 3.05) is 13.7 Å². The zero-order chi connectivity index (χ0) is 12.8. The van der Waals surface area contributed by atoms with Crippen molar-refractivity contribution in [1.82, 2.24) is 0 Å². The van der Waals surface area contributed by atoms with Gasteiger partial charge in [-0.15, -0.1) is 0 Å². The lowest BCUT2D eigenvalue weighted by Gasteiger charge is -2.07. The van der Waals surface area contributed by atoms with E-state index in [1.807, 2.05) is 0 Å². The van der Waals surface area contributed by atoms with Gasteiger partial charge in [-0.05, 0) is 13.0 Å². The van der Waals surface area contributed by atoms with Crippen LogP contribution in [0, 0.1) is 17.1 Å². The molecule has 1 aromatic carbocycles. The Kier molecular flexibility index (Phi) is 4.46. The molecule has 0 atom stereocenters. The second-order valence-electron chi connectivity index (χ2n) is 3.24. The van der Waals surface area contributed by atoms with Crippen LogP contribution < -0.4 is 4.74 Å². The average Bonchev–Trinajstić information content (AvgIpc) is 2.32. The summed E-state index contributed by atoms with van der Waals surface area (Å²) in [6, 6.07) is 4.37. The summed E-state index contributed by atoms with van der Waals surface area (Å²) in [4.78, 5) is 11.3. The summed E-state index contributed by atoms with van der Waals surface area (Å²) in [5.74, 6) is -0.910. The number of carbonyl (C=O) groups is 1. The van der Waals surface area contributed by atoms with Crippen LogP contribution in [0.3, 0.4) is 0 Å². The molecule has 0 spiro atoms. The predicted octanol–water partition coefficient (Wildman–Crippen LogP) is 1.81. The molecule has 0 aliphatic rings. The minimum Gasteiger partial charge on any atom is -0.497 e. The second kappa shape index (κ2) is 5.85. The van der Waals surface area contributed by atoms with Crippen LogP contribution in [0.25, 0.3) is 0 Å². The molecule has 0 aliphatic carbocycles. The first-order valence-electron chi connectivity index (χ1n) is 5.04. The Labute approximate surface area is 98.6 Å². The normalized spacial score (nSPS) is 9.53. The van der Waals surface area contributed by atoms with E-state index in [1.165, 1.54) is 19.2 Å². The van der Waals surface area contributed by atoms with Crippen LogP contribution in [0.15, 0.2) is 12.1 Å². The van der Waals surface area contributed by atoms with E-state index in [1.54, 1.807) is 13.0 Å². The molecule has 0 unspecified atom stereocenters. The average molecular weight is 237 g/mol. The maximum Gasteiger partial charge on any atom is 0.310 e. The Bertz CT molecular complexity index is 466. The van der Waals surface area contributed by atoms with E-state index in [-0.39, 0.29) is 24.2 Å². The van der Waals surface area contributed by atoms with Crippen molar-refractivity contribution < 1.29 is 18.7 Å². The van der Waals surface area contributed by atoms with Crippen LogP contribution in [-0.2, 0) is 16.0 Å². The Morgan fingerprint density at radius 3 is 2.76 bits per heavy atom. The third-order valence-electron chi connectivity index (χ3n) is 2.12. The number of hydrogen-bond donors (Lipinski definition) is 0. The van der Waals surface area contributed by atoms with Crippen molar-refractivity contribution in [3.05, 3.63) is 29.1 Å². The molecule has 1 aromatic rings. The maximum atomic E-state index is 13.7. The van der Waals surface area contributed by atoms with Gasteiger partial charge in [0.1, 0.15) is 17.6 Å².